The van der Waals surface area contributed by atoms with Gasteiger partial charge in [-0.25, -0.2) is 0 Å². The Balaban J connectivity index is 0.000000212. The summed E-state index contributed by atoms with van der Waals surface area (Å²) in [5.74, 6) is 1.27. The Morgan fingerprint density at radius 3 is 1.56 bits per heavy atom. The largest absolute Gasteiger partial charge is 0.491 e. The molecular weight excluding hydrogens is 824 g/mol. The summed E-state index contributed by atoms with van der Waals surface area (Å²) in [5, 5.41) is 3.68. The first-order valence-electron chi connectivity index (χ1n) is 18.1. The lowest BCUT2D eigenvalue weighted by molar-refractivity contribution is -0.138. The van der Waals surface area contributed by atoms with Crippen LogP contribution in [-0.4, -0.2) is 44.4 Å². The van der Waals surface area contributed by atoms with Crippen molar-refractivity contribution in [2.45, 2.75) is 72.6 Å². The number of nitrogens with two attached hydrogens (primary N) is 2. The van der Waals surface area contributed by atoms with Gasteiger partial charge in [0.25, 0.3) is 11.1 Å². The summed E-state index contributed by atoms with van der Waals surface area (Å²) < 4.78 is 56.8. The van der Waals surface area contributed by atoms with Crippen molar-refractivity contribution in [2.24, 2.45) is 37.4 Å². The van der Waals surface area contributed by atoms with Gasteiger partial charge in [-0.1, -0.05) is 27.7 Å². The van der Waals surface area contributed by atoms with Crippen LogP contribution in [0, 0.1) is 29.3 Å². The monoisotopic (exact) mass is 872 g/mol. The van der Waals surface area contributed by atoms with Gasteiger partial charge in [-0.15, -0.1) is 0 Å². The Morgan fingerprint density at radius 1 is 0.709 bits per heavy atom. The van der Waals surface area contributed by atoms with Crippen molar-refractivity contribution in [3.8, 4) is 11.5 Å². The van der Waals surface area contributed by atoms with Crippen LogP contribution >= 0.6 is 22.6 Å². The number of halogens is 4. The number of hydrogen-bond acceptors (Lipinski definition) is 8. The maximum Gasteiger partial charge on any atom is 0.419 e. The van der Waals surface area contributed by atoms with E-state index in [4.69, 9.17) is 20.9 Å². The molecule has 2 aromatic carbocycles. The van der Waals surface area contributed by atoms with E-state index in [0.717, 1.165) is 43.8 Å². The molecule has 0 spiro atoms. The van der Waals surface area contributed by atoms with E-state index < -0.39 is 11.7 Å². The number of nitrogens with zero attached hydrogens (tertiary/aromatic N) is 4. The summed E-state index contributed by atoms with van der Waals surface area (Å²) >= 11 is 2.27. The van der Waals surface area contributed by atoms with Crippen molar-refractivity contribution in [2.75, 3.05) is 13.2 Å². The molecule has 0 aliphatic rings. The molecule has 6 rings (SSSR count). The summed E-state index contributed by atoms with van der Waals surface area (Å²) in [6.07, 6.45) is 0.163. The number of hydrogen-bond donors (Lipinski definition) is 2. The first-order chi connectivity index (χ1) is 25.8. The number of fused-ring (bicyclic) bond motifs is 6. The molecule has 0 fully saturated rings. The molecule has 6 aromatic rings. The quantitative estimate of drug-likeness (QED) is 0.105. The fraction of sp³-hybridized carbons (Fsp3) is 0.415. The van der Waals surface area contributed by atoms with Crippen LogP contribution in [0.1, 0.15) is 57.5 Å². The zero-order chi connectivity index (χ0) is 40.5. The molecule has 0 bridgehead atoms. The summed E-state index contributed by atoms with van der Waals surface area (Å²) in [5.41, 5.74) is 13.3. The summed E-state index contributed by atoms with van der Waals surface area (Å²) in [6, 6.07) is 9.40. The molecule has 0 saturated heterocycles. The van der Waals surface area contributed by atoms with Gasteiger partial charge in [-0.3, -0.25) is 19.6 Å². The van der Waals surface area contributed by atoms with Crippen LogP contribution in [-0.2, 0) is 20.3 Å². The molecule has 0 unspecified atom stereocenters. The average Bonchev–Trinajstić information content (AvgIpc) is 3.10. The molecule has 0 saturated carbocycles. The topological polar surface area (TPSA) is 140 Å². The number of pyridine rings is 4. The van der Waals surface area contributed by atoms with Gasteiger partial charge in [0.2, 0.25) is 0 Å². The van der Waals surface area contributed by atoms with Crippen LogP contribution in [0.3, 0.4) is 0 Å². The standard InChI is InChI=1S/C21H24F3N3O2.C20H24IN3O2/c1-11(2)7-13(25)10-29-18-9-17-15(8-16(18)21(22,23)24)14-5-6-26-12(3)19(14)20(28)27(17)4;1-11(2)7-13(22)10-26-18-9-17-15(8-16(18)21)14-5-6-23-12(3)19(14)20(25)24(17)4/h5-6,8-9,11,13H,7,10,25H2,1-4H3;5-6,8-9,11,13H,7,10,22H2,1-4H3/t2*13-/m00/s1. The van der Waals surface area contributed by atoms with Crippen molar-refractivity contribution in [3.05, 3.63) is 90.0 Å². The van der Waals surface area contributed by atoms with Gasteiger partial charge in [0, 0.05) is 61.5 Å². The Bertz CT molecular complexity index is 2500. The number of benzene rings is 2. The van der Waals surface area contributed by atoms with Crippen molar-refractivity contribution in [1.29, 1.82) is 0 Å². The fourth-order valence-electron chi connectivity index (χ4n) is 6.97. The molecular formula is C41H48F3IN6O4. The third-order valence-corrected chi connectivity index (χ3v) is 10.4. The minimum atomic E-state index is -4.62. The first-order valence-corrected chi connectivity index (χ1v) is 19.2. The Kier molecular flexibility index (Phi) is 12.8. The Morgan fingerprint density at radius 2 is 1.13 bits per heavy atom. The van der Waals surface area contributed by atoms with Gasteiger partial charge in [0.1, 0.15) is 24.7 Å². The summed E-state index contributed by atoms with van der Waals surface area (Å²) in [7, 11) is 3.32. The van der Waals surface area contributed by atoms with Crippen LogP contribution in [0.2, 0.25) is 0 Å². The minimum Gasteiger partial charge on any atom is -0.491 e. The highest BCUT2D eigenvalue weighted by Crippen LogP contribution is 2.40. The smallest absolute Gasteiger partial charge is 0.419 e. The van der Waals surface area contributed by atoms with Gasteiger partial charge >= 0.3 is 6.18 Å². The molecule has 4 heterocycles. The van der Waals surface area contributed by atoms with E-state index in [1.165, 1.54) is 23.9 Å². The van der Waals surface area contributed by atoms with Gasteiger partial charge in [0.05, 0.1) is 42.3 Å². The molecule has 2 atom stereocenters. The maximum atomic E-state index is 13.8. The first kappa shape index (κ1) is 41.9. The molecule has 55 heavy (non-hydrogen) atoms. The average molecular weight is 873 g/mol. The van der Waals surface area contributed by atoms with E-state index >= 15 is 0 Å². The van der Waals surface area contributed by atoms with Gasteiger partial charge < -0.3 is 30.1 Å². The lowest BCUT2D eigenvalue weighted by atomic mass is 10.0. The summed E-state index contributed by atoms with van der Waals surface area (Å²) in [6.45, 7) is 12.2. The van der Waals surface area contributed by atoms with Crippen LogP contribution in [0.25, 0.3) is 43.4 Å². The normalized spacial score (nSPS) is 13.2. The Labute approximate surface area is 331 Å². The second-order valence-electron chi connectivity index (χ2n) is 14.9. The van der Waals surface area contributed by atoms with Crippen molar-refractivity contribution in [3.63, 3.8) is 0 Å². The zero-order valence-electron chi connectivity index (χ0n) is 32.3. The fourth-order valence-corrected chi connectivity index (χ4v) is 7.59. The number of alkyl halides is 3. The predicted octanol–water partition coefficient (Wildman–Crippen LogP) is 7.92. The van der Waals surface area contributed by atoms with Gasteiger partial charge in [-0.05, 0) is 96.2 Å². The maximum absolute atomic E-state index is 13.8. The highest BCUT2D eigenvalue weighted by molar-refractivity contribution is 14.1. The molecule has 0 aliphatic heterocycles. The van der Waals surface area contributed by atoms with Crippen molar-refractivity contribution in [1.82, 2.24) is 19.1 Å². The van der Waals surface area contributed by atoms with Crippen molar-refractivity contribution < 1.29 is 22.6 Å². The zero-order valence-corrected chi connectivity index (χ0v) is 34.5. The number of ether oxygens (including phenoxy) is 2. The van der Waals surface area contributed by atoms with Gasteiger partial charge in [0.15, 0.2) is 0 Å². The van der Waals surface area contributed by atoms with E-state index in [9.17, 15) is 22.8 Å². The molecule has 4 N–H and O–H groups in total. The van der Waals surface area contributed by atoms with E-state index in [-0.39, 0.29) is 35.6 Å². The lowest BCUT2D eigenvalue weighted by Crippen LogP contribution is -2.30. The molecule has 0 aliphatic carbocycles. The van der Waals surface area contributed by atoms with Crippen LogP contribution < -0.4 is 32.1 Å². The van der Waals surface area contributed by atoms with E-state index in [0.29, 0.717) is 57.6 Å². The second-order valence-corrected chi connectivity index (χ2v) is 16.1. The molecule has 0 radical (unpaired) electrons. The van der Waals surface area contributed by atoms with Crippen molar-refractivity contribution >= 4 is 65.9 Å². The lowest BCUT2D eigenvalue weighted by Gasteiger charge is -2.20. The highest BCUT2D eigenvalue weighted by atomic mass is 127. The number of aryl methyl sites for hydroxylation is 4. The van der Waals surface area contributed by atoms with E-state index in [2.05, 4.69) is 52.5 Å². The SMILES string of the molecule is Cc1nccc2c1c(=O)n(C)c1cc(OC[C@@H](N)CC(C)C)c(C(F)(F)F)cc21.Cc1nccc2c1c(=O)n(C)c1cc(OC[C@@H](N)CC(C)C)c(I)cc21. The molecule has 4 aromatic heterocycles. The van der Waals surface area contributed by atoms with E-state index in [1.807, 2.05) is 32.9 Å². The molecule has 0 amide bonds. The number of aromatic nitrogens is 4. The van der Waals surface area contributed by atoms with Crippen LogP contribution in [0.5, 0.6) is 11.5 Å². The van der Waals surface area contributed by atoms with Crippen LogP contribution in [0.15, 0.2) is 58.4 Å². The summed E-state index contributed by atoms with van der Waals surface area (Å²) in [4.78, 5) is 34.0. The number of rotatable bonds is 10. The molecule has 14 heteroatoms. The third kappa shape index (κ3) is 9.07. The highest BCUT2D eigenvalue weighted by Gasteiger charge is 2.35. The minimum absolute atomic E-state index is 0.00403. The Hall–Kier alpha value is -4.28. The van der Waals surface area contributed by atoms with Crippen LogP contribution in [0.4, 0.5) is 13.2 Å². The molecule has 294 valence electrons. The third-order valence-electron chi connectivity index (χ3n) is 9.53. The van der Waals surface area contributed by atoms with Gasteiger partial charge in [-0.2, -0.15) is 13.2 Å². The second kappa shape index (κ2) is 16.8. The predicted molar refractivity (Wildman–Crippen MR) is 222 cm³/mol. The molecule has 10 nitrogen and oxygen atoms in total. The van der Waals surface area contributed by atoms with E-state index in [1.54, 1.807) is 30.8 Å².